The van der Waals surface area contributed by atoms with E-state index >= 15 is 0 Å². The molecule has 2 nitrogen and oxygen atoms in total. The minimum Gasteiger partial charge on any atom is -0.316 e. The van der Waals surface area contributed by atoms with E-state index in [0.717, 1.165) is 17.8 Å². The maximum atomic E-state index is 4.24. The van der Waals surface area contributed by atoms with Crippen molar-refractivity contribution in [3.8, 4) is 0 Å². The van der Waals surface area contributed by atoms with Gasteiger partial charge in [0.1, 0.15) is 0 Å². The largest absolute Gasteiger partial charge is 0.316 e. The van der Waals surface area contributed by atoms with E-state index in [1.165, 1.54) is 37.9 Å². The molecule has 2 aliphatic rings. The van der Waals surface area contributed by atoms with Crippen molar-refractivity contribution in [2.24, 2.45) is 11.8 Å². The van der Waals surface area contributed by atoms with Crippen molar-refractivity contribution in [2.45, 2.75) is 25.2 Å². The van der Waals surface area contributed by atoms with Crippen LogP contribution in [0.2, 0.25) is 0 Å². The lowest BCUT2D eigenvalue weighted by molar-refractivity contribution is 0.186. The molecule has 3 rings (SSSR count). The molecule has 0 aromatic carbocycles. The zero-order valence-electron chi connectivity index (χ0n) is 11.6. The number of piperidine rings is 1. The first-order chi connectivity index (χ1) is 9.33. The molecule has 2 bridgehead atoms. The Morgan fingerprint density at radius 3 is 2.32 bits per heavy atom. The molecule has 1 N–H and O–H groups in total. The Hall–Kier alpha value is -1.41. The summed E-state index contributed by atoms with van der Waals surface area (Å²) in [5.41, 5.74) is 1.45. The van der Waals surface area contributed by atoms with Crippen LogP contribution >= 0.6 is 0 Å². The highest BCUT2D eigenvalue weighted by molar-refractivity contribution is 5.16. The van der Waals surface area contributed by atoms with Crippen LogP contribution in [-0.4, -0.2) is 18.1 Å². The van der Waals surface area contributed by atoms with Gasteiger partial charge in [0.05, 0.1) is 0 Å². The van der Waals surface area contributed by atoms with Crippen molar-refractivity contribution in [1.29, 1.82) is 0 Å². The van der Waals surface area contributed by atoms with E-state index in [9.17, 15) is 0 Å². The molecular formula is C17H24N2. The maximum Gasteiger partial charge on any atom is 0.0302 e. The summed E-state index contributed by atoms with van der Waals surface area (Å²) in [6, 6.07) is 4.31. The second-order valence-corrected chi connectivity index (χ2v) is 5.55. The first-order valence-corrected chi connectivity index (χ1v) is 7.17. The molecule has 1 aliphatic carbocycles. The van der Waals surface area contributed by atoms with Crippen molar-refractivity contribution in [3.05, 3.63) is 55.4 Å². The summed E-state index contributed by atoms with van der Waals surface area (Å²) in [4.78, 5) is 4.24. The van der Waals surface area contributed by atoms with Gasteiger partial charge in [-0.25, -0.2) is 0 Å². The highest BCUT2D eigenvalue weighted by Crippen LogP contribution is 2.40. The van der Waals surface area contributed by atoms with Gasteiger partial charge in [0.2, 0.25) is 0 Å². The summed E-state index contributed by atoms with van der Waals surface area (Å²) in [7, 11) is 0. The Balaban J connectivity index is 0.000000297. The van der Waals surface area contributed by atoms with Crippen LogP contribution < -0.4 is 5.32 Å². The topological polar surface area (TPSA) is 24.9 Å². The first-order valence-electron chi connectivity index (χ1n) is 7.17. The molecule has 0 amide bonds. The van der Waals surface area contributed by atoms with Gasteiger partial charge in [-0.05, 0) is 61.7 Å². The zero-order valence-corrected chi connectivity index (χ0v) is 11.6. The minimum absolute atomic E-state index is 0.768. The molecule has 0 radical (unpaired) electrons. The second-order valence-electron chi connectivity index (χ2n) is 5.55. The molecule has 2 atom stereocenters. The number of nitrogens with zero attached hydrogens (tertiary/aromatic N) is 1. The van der Waals surface area contributed by atoms with Gasteiger partial charge in [-0.3, -0.25) is 4.98 Å². The number of hydrogen-bond donors (Lipinski definition) is 1. The Kier molecular flexibility index (Phi) is 5.34. The van der Waals surface area contributed by atoms with Crippen LogP contribution in [0, 0.1) is 11.8 Å². The lowest BCUT2D eigenvalue weighted by atomic mass is 9.71. The third kappa shape index (κ3) is 4.03. The van der Waals surface area contributed by atoms with E-state index in [-0.39, 0.29) is 0 Å². The van der Waals surface area contributed by atoms with Crippen LogP contribution in [0.15, 0.2) is 49.8 Å². The van der Waals surface area contributed by atoms with Crippen LogP contribution in [0.4, 0.5) is 0 Å². The Morgan fingerprint density at radius 1 is 1.11 bits per heavy atom. The summed E-state index contributed by atoms with van der Waals surface area (Å²) < 4.78 is 0. The number of fused-ring (bicyclic) bond motifs is 2. The van der Waals surface area contributed by atoms with Gasteiger partial charge in [-0.15, -0.1) is 0 Å². The number of allylic oxidation sites excluding steroid dienone is 2. The van der Waals surface area contributed by atoms with Gasteiger partial charge in [0, 0.05) is 12.4 Å². The molecule has 2 fully saturated rings. The second kappa shape index (κ2) is 7.25. The van der Waals surface area contributed by atoms with Crippen molar-refractivity contribution >= 4 is 0 Å². The number of aromatic nitrogens is 1. The van der Waals surface area contributed by atoms with Gasteiger partial charge in [0.15, 0.2) is 0 Å². The average molecular weight is 256 g/mol. The minimum atomic E-state index is 0.768. The van der Waals surface area contributed by atoms with Crippen LogP contribution in [0.25, 0.3) is 0 Å². The van der Waals surface area contributed by atoms with E-state index in [1.807, 2.05) is 6.20 Å². The van der Waals surface area contributed by atoms with E-state index in [4.69, 9.17) is 0 Å². The summed E-state index contributed by atoms with van der Waals surface area (Å²) in [5.74, 6) is 2.58. The molecule has 2 heteroatoms. The van der Waals surface area contributed by atoms with Gasteiger partial charge >= 0.3 is 0 Å². The first kappa shape index (κ1) is 14.0. The molecule has 19 heavy (non-hydrogen) atoms. The van der Waals surface area contributed by atoms with E-state index in [0.29, 0.717) is 0 Å². The highest BCUT2D eigenvalue weighted by Gasteiger charge is 2.32. The molecule has 1 saturated carbocycles. The fraction of sp³-hybridized carbons (Fsp3) is 0.471. The Labute approximate surface area is 116 Å². The molecule has 1 aromatic heterocycles. The van der Waals surface area contributed by atoms with Crippen molar-refractivity contribution < 1.29 is 0 Å². The molecule has 102 valence electrons. The van der Waals surface area contributed by atoms with Crippen molar-refractivity contribution in [2.75, 3.05) is 13.1 Å². The third-order valence-corrected chi connectivity index (χ3v) is 4.09. The van der Waals surface area contributed by atoms with E-state index < -0.39 is 0 Å². The molecule has 1 saturated heterocycles. The standard InChI is InChI=1S/C13H18N2.C4H6/c1-2-12(9-14-3-1)13-5-10-4-11(6-13)8-15-7-10;1-3-4-2/h1-3,9-11,13,15H,4-8H2;3-4H,1-2H2. The lowest BCUT2D eigenvalue weighted by Crippen LogP contribution is -2.40. The predicted molar refractivity (Wildman–Crippen MR) is 81.1 cm³/mol. The van der Waals surface area contributed by atoms with Crippen LogP contribution in [0.1, 0.15) is 30.7 Å². The molecule has 2 heterocycles. The fourth-order valence-electron chi connectivity index (χ4n) is 3.28. The van der Waals surface area contributed by atoms with Crippen LogP contribution in [-0.2, 0) is 0 Å². The molecular weight excluding hydrogens is 232 g/mol. The Morgan fingerprint density at radius 2 is 1.79 bits per heavy atom. The lowest BCUT2D eigenvalue weighted by Gasteiger charge is -2.39. The summed E-state index contributed by atoms with van der Waals surface area (Å²) in [6.45, 7) is 9.18. The smallest absolute Gasteiger partial charge is 0.0302 e. The van der Waals surface area contributed by atoms with Gasteiger partial charge < -0.3 is 5.32 Å². The van der Waals surface area contributed by atoms with Gasteiger partial charge in [0.25, 0.3) is 0 Å². The van der Waals surface area contributed by atoms with Crippen molar-refractivity contribution in [1.82, 2.24) is 10.3 Å². The van der Waals surface area contributed by atoms with Crippen molar-refractivity contribution in [3.63, 3.8) is 0 Å². The number of pyridine rings is 1. The van der Waals surface area contributed by atoms with Gasteiger partial charge in [-0.2, -0.15) is 0 Å². The molecule has 0 spiro atoms. The van der Waals surface area contributed by atoms with E-state index in [2.05, 4.69) is 41.8 Å². The predicted octanol–water partition coefficient (Wildman–Crippen LogP) is 3.54. The normalized spacial score (nSPS) is 28.7. The average Bonchev–Trinajstić information content (AvgIpc) is 2.48. The summed E-state index contributed by atoms with van der Waals surface area (Å²) >= 11 is 0. The monoisotopic (exact) mass is 256 g/mol. The van der Waals surface area contributed by atoms with Crippen LogP contribution in [0.5, 0.6) is 0 Å². The molecule has 1 aliphatic heterocycles. The fourth-order valence-corrected chi connectivity index (χ4v) is 3.28. The van der Waals surface area contributed by atoms with Crippen LogP contribution in [0.3, 0.4) is 0 Å². The molecule has 1 aromatic rings. The number of hydrogen-bond acceptors (Lipinski definition) is 2. The summed E-state index contributed by atoms with van der Waals surface area (Å²) in [5, 5.41) is 3.54. The molecule has 2 unspecified atom stereocenters. The third-order valence-electron chi connectivity index (χ3n) is 4.09. The van der Waals surface area contributed by atoms with E-state index in [1.54, 1.807) is 12.2 Å². The van der Waals surface area contributed by atoms with Gasteiger partial charge in [-0.1, -0.05) is 31.4 Å². The highest BCUT2D eigenvalue weighted by atomic mass is 14.9. The quantitative estimate of drug-likeness (QED) is 0.819. The number of rotatable bonds is 2. The SMILES string of the molecule is C=CC=C.c1cncc(C2CC3CNCC(C3)C2)c1. The summed E-state index contributed by atoms with van der Waals surface area (Å²) in [6.07, 6.45) is 11.4. The Bertz CT molecular complexity index is 381. The zero-order chi connectivity index (χ0) is 13.5. The number of nitrogens with one attached hydrogen (secondary N) is 1. The maximum absolute atomic E-state index is 4.24.